The number of ether oxygens (including phenoxy) is 2. The van der Waals surface area contributed by atoms with E-state index in [1.54, 1.807) is 24.3 Å². The molecule has 134 valence electrons. The largest absolute Gasteiger partial charge is 0.507 e. The molecule has 5 nitrogen and oxygen atoms in total. The number of cyclic esters (lactones) is 1. The second kappa shape index (κ2) is 9.67. The predicted molar refractivity (Wildman–Crippen MR) is 95.8 cm³/mol. The molecule has 0 aliphatic carbocycles. The predicted octanol–water partition coefficient (Wildman–Crippen LogP) is 4.05. The molecule has 0 saturated heterocycles. The maximum absolute atomic E-state index is 12.3. The molecule has 25 heavy (non-hydrogen) atoms. The number of hydrogen-bond donors (Lipinski definition) is 1. The molecule has 1 heterocycles. The van der Waals surface area contributed by atoms with E-state index in [0.717, 1.165) is 12.8 Å². The summed E-state index contributed by atoms with van der Waals surface area (Å²) >= 11 is 0. The van der Waals surface area contributed by atoms with Crippen molar-refractivity contribution in [3.8, 4) is 11.5 Å². The Labute approximate surface area is 147 Å². The van der Waals surface area contributed by atoms with E-state index in [1.165, 1.54) is 6.07 Å². The molecule has 0 atom stereocenters. The lowest BCUT2D eigenvalue weighted by Crippen LogP contribution is -2.08. The number of allylic oxidation sites excluding steroid dienone is 2. The number of aromatic hydroxyl groups is 1. The van der Waals surface area contributed by atoms with E-state index in [9.17, 15) is 14.7 Å². The summed E-state index contributed by atoms with van der Waals surface area (Å²) < 4.78 is 10.7. The zero-order valence-electron chi connectivity index (χ0n) is 14.5. The van der Waals surface area contributed by atoms with Crippen molar-refractivity contribution in [2.45, 2.75) is 39.0 Å². The molecule has 0 amide bonds. The fourth-order valence-corrected chi connectivity index (χ4v) is 2.49. The summed E-state index contributed by atoms with van der Waals surface area (Å²) in [5.74, 6) is -0.0928. The summed E-state index contributed by atoms with van der Waals surface area (Å²) in [6, 6.07) is 3.15. The van der Waals surface area contributed by atoms with Crippen LogP contribution in [0.1, 0.15) is 54.9 Å². The molecule has 1 N–H and O–H groups in total. The number of fused-ring (bicyclic) bond motifs is 1. The monoisotopic (exact) mass is 344 g/mol. The fraction of sp³-hybridized carbons (Fsp3) is 0.400. The molecule has 1 aliphatic heterocycles. The van der Waals surface area contributed by atoms with Crippen molar-refractivity contribution in [2.24, 2.45) is 0 Å². The Morgan fingerprint density at radius 3 is 2.84 bits per heavy atom. The molecule has 0 unspecified atom stereocenters. The van der Waals surface area contributed by atoms with Gasteiger partial charge in [0.15, 0.2) is 0 Å². The first-order valence-electron chi connectivity index (χ1n) is 8.62. The van der Waals surface area contributed by atoms with Crippen molar-refractivity contribution in [1.29, 1.82) is 0 Å². The van der Waals surface area contributed by atoms with E-state index < -0.39 is 5.97 Å². The number of phenols is 1. The van der Waals surface area contributed by atoms with E-state index in [-0.39, 0.29) is 23.7 Å². The van der Waals surface area contributed by atoms with Crippen LogP contribution in [-0.2, 0) is 9.53 Å². The molecule has 0 saturated carbocycles. The van der Waals surface area contributed by atoms with Gasteiger partial charge in [-0.25, -0.2) is 4.79 Å². The van der Waals surface area contributed by atoms with Gasteiger partial charge in [0.05, 0.1) is 6.61 Å². The normalized spacial score (nSPS) is 16.0. The standard InChI is InChI=1S/C20H24O5/c1-2-11-24-17-13-15-8-4-3-5-9-16(21)10-6-7-12-25-20(23)19(15)18(22)14-17/h4,6-8,13-14,22H,2-3,5,9-12H2,1H3. The summed E-state index contributed by atoms with van der Waals surface area (Å²) in [7, 11) is 0. The van der Waals surface area contributed by atoms with Crippen molar-refractivity contribution in [1.82, 2.24) is 0 Å². The highest BCUT2D eigenvalue weighted by atomic mass is 16.5. The van der Waals surface area contributed by atoms with Crippen LogP contribution in [0.4, 0.5) is 0 Å². The number of phenolic OH excluding ortho intramolecular Hbond substituents is 1. The minimum atomic E-state index is -0.604. The third-order valence-electron chi connectivity index (χ3n) is 3.75. The van der Waals surface area contributed by atoms with Crippen LogP contribution in [0.25, 0.3) is 6.08 Å². The van der Waals surface area contributed by atoms with Gasteiger partial charge in [-0.15, -0.1) is 0 Å². The summed E-state index contributed by atoms with van der Waals surface area (Å²) in [6.07, 6.45) is 10.2. The molecule has 2 rings (SSSR count). The van der Waals surface area contributed by atoms with Gasteiger partial charge < -0.3 is 14.6 Å². The first-order valence-corrected chi connectivity index (χ1v) is 8.62. The van der Waals surface area contributed by atoms with Crippen molar-refractivity contribution in [2.75, 3.05) is 13.2 Å². The maximum atomic E-state index is 12.3. The zero-order valence-corrected chi connectivity index (χ0v) is 14.5. The molecular weight excluding hydrogens is 320 g/mol. The SMILES string of the molecule is CCCOc1cc(O)c2c(c1)C=CCCCC(=O)CC=CCOC2=O. The zero-order chi connectivity index (χ0) is 18.1. The Kier molecular flexibility index (Phi) is 7.26. The van der Waals surface area contributed by atoms with Gasteiger partial charge in [-0.05, 0) is 30.9 Å². The van der Waals surface area contributed by atoms with E-state index in [1.807, 2.05) is 13.0 Å². The summed E-state index contributed by atoms with van der Waals surface area (Å²) in [6.45, 7) is 2.58. The molecular formula is C20H24O5. The lowest BCUT2D eigenvalue weighted by atomic mass is 10.0. The fourth-order valence-electron chi connectivity index (χ4n) is 2.49. The minimum Gasteiger partial charge on any atom is -0.507 e. The smallest absolute Gasteiger partial charge is 0.342 e. The number of Topliss-reactive ketones (excluding diaryl/α,β-unsaturated/α-hetero) is 1. The third-order valence-corrected chi connectivity index (χ3v) is 3.75. The number of rotatable bonds is 3. The number of ketones is 1. The number of carbonyl (C=O) groups excluding carboxylic acids is 2. The lowest BCUT2D eigenvalue weighted by Gasteiger charge is -2.12. The second-order valence-electron chi connectivity index (χ2n) is 5.86. The summed E-state index contributed by atoms with van der Waals surface area (Å²) in [4.78, 5) is 24.0. The van der Waals surface area contributed by atoms with Crippen molar-refractivity contribution in [3.63, 3.8) is 0 Å². The summed E-state index contributed by atoms with van der Waals surface area (Å²) in [5, 5.41) is 10.3. The molecule has 0 aromatic heterocycles. The average Bonchev–Trinajstić information content (AvgIpc) is 2.58. The number of benzene rings is 1. The second-order valence-corrected chi connectivity index (χ2v) is 5.86. The van der Waals surface area contributed by atoms with E-state index in [2.05, 4.69) is 0 Å². The highest BCUT2D eigenvalue weighted by Gasteiger charge is 2.18. The van der Waals surface area contributed by atoms with Gasteiger partial charge >= 0.3 is 5.97 Å². The van der Waals surface area contributed by atoms with Gasteiger partial charge in [0.1, 0.15) is 29.5 Å². The van der Waals surface area contributed by atoms with Crippen molar-refractivity contribution < 1.29 is 24.2 Å². The highest BCUT2D eigenvalue weighted by molar-refractivity contribution is 5.97. The van der Waals surface area contributed by atoms with Gasteiger partial charge in [-0.3, -0.25) is 4.79 Å². The van der Waals surface area contributed by atoms with Crippen LogP contribution in [-0.4, -0.2) is 30.1 Å². The lowest BCUT2D eigenvalue weighted by molar-refractivity contribution is -0.118. The molecule has 1 aromatic carbocycles. The van der Waals surface area contributed by atoms with Crippen LogP contribution in [0.5, 0.6) is 11.5 Å². The maximum Gasteiger partial charge on any atom is 0.342 e. The average molecular weight is 344 g/mol. The number of carbonyl (C=O) groups is 2. The Bertz CT molecular complexity index is 673. The molecule has 1 aromatic rings. The van der Waals surface area contributed by atoms with Crippen LogP contribution in [0.3, 0.4) is 0 Å². The van der Waals surface area contributed by atoms with Crippen LogP contribution < -0.4 is 4.74 Å². The molecule has 0 fully saturated rings. The van der Waals surface area contributed by atoms with E-state index >= 15 is 0 Å². The highest BCUT2D eigenvalue weighted by Crippen LogP contribution is 2.30. The van der Waals surface area contributed by atoms with Crippen molar-refractivity contribution in [3.05, 3.63) is 41.5 Å². The molecule has 5 heteroatoms. The number of hydrogen-bond acceptors (Lipinski definition) is 5. The van der Waals surface area contributed by atoms with E-state index in [0.29, 0.717) is 37.2 Å². The van der Waals surface area contributed by atoms with Crippen LogP contribution in [0, 0.1) is 0 Å². The van der Waals surface area contributed by atoms with Gasteiger partial charge in [0, 0.05) is 18.9 Å². The Morgan fingerprint density at radius 2 is 2.04 bits per heavy atom. The Balaban J connectivity index is 2.31. The molecule has 0 bridgehead atoms. The Hall–Kier alpha value is -2.56. The third kappa shape index (κ3) is 5.78. The van der Waals surface area contributed by atoms with Gasteiger partial charge in [-0.1, -0.05) is 31.2 Å². The van der Waals surface area contributed by atoms with Crippen molar-refractivity contribution >= 4 is 17.8 Å². The van der Waals surface area contributed by atoms with E-state index in [4.69, 9.17) is 9.47 Å². The van der Waals surface area contributed by atoms with Crippen LogP contribution >= 0.6 is 0 Å². The first kappa shape index (κ1) is 18.8. The summed E-state index contributed by atoms with van der Waals surface area (Å²) in [5.41, 5.74) is 0.671. The molecule has 0 radical (unpaired) electrons. The molecule has 0 spiro atoms. The van der Waals surface area contributed by atoms with Crippen LogP contribution in [0.15, 0.2) is 30.4 Å². The Morgan fingerprint density at radius 1 is 1.20 bits per heavy atom. The topological polar surface area (TPSA) is 72.8 Å². The quantitative estimate of drug-likeness (QED) is 0.661. The van der Waals surface area contributed by atoms with Gasteiger partial charge in [0.2, 0.25) is 0 Å². The number of esters is 1. The van der Waals surface area contributed by atoms with Crippen LogP contribution in [0.2, 0.25) is 0 Å². The van der Waals surface area contributed by atoms with Gasteiger partial charge in [0.25, 0.3) is 0 Å². The molecule has 1 aliphatic rings. The first-order chi connectivity index (χ1) is 12.1. The van der Waals surface area contributed by atoms with Gasteiger partial charge in [-0.2, -0.15) is 0 Å². The minimum absolute atomic E-state index is 0.0583.